The molecular weight excluding hydrogens is 346 g/mol. The van der Waals surface area contributed by atoms with Gasteiger partial charge in [0.2, 0.25) is 0 Å². The molecule has 0 spiro atoms. The van der Waals surface area contributed by atoms with Crippen LogP contribution in [0.15, 0.2) is 53.7 Å². The second kappa shape index (κ2) is 12.1. The van der Waals surface area contributed by atoms with Crippen molar-refractivity contribution in [3.8, 4) is 0 Å². The van der Waals surface area contributed by atoms with Crippen LogP contribution < -0.4 is 10.6 Å². The van der Waals surface area contributed by atoms with Gasteiger partial charge in [0, 0.05) is 44.1 Å². The predicted molar refractivity (Wildman–Crippen MR) is 119 cm³/mol. The first-order chi connectivity index (χ1) is 13.6. The second-order valence-corrected chi connectivity index (χ2v) is 7.28. The van der Waals surface area contributed by atoms with Crippen molar-refractivity contribution < 1.29 is 0 Å². The van der Waals surface area contributed by atoms with E-state index in [0.29, 0.717) is 6.04 Å². The van der Waals surface area contributed by atoms with E-state index in [2.05, 4.69) is 83.9 Å². The van der Waals surface area contributed by atoms with Gasteiger partial charge in [0.25, 0.3) is 0 Å². The summed E-state index contributed by atoms with van der Waals surface area (Å²) in [6.07, 6.45) is 3.92. The Morgan fingerprint density at radius 1 is 1.11 bits per heavy atom. The van der Waals surface area contributed by atoms with Crippen LogP contribution in [0.25, 0.3) is 0 Å². The number of benzene rings is 1. The second-order valence-electron chi connectivity index (χ2n) is 7.28. The van der Waals surface area contributed by atoms with Crippen molar-refractivity contribution in [3.05, 3.63) is 65.5 Å². The van der Waals surface area contributed by atoms with Crippen LogP contribution in [0.4, 0.5) is 0 Å². The molecule has 0 saturated carbocycles. The summed E-state index contributed by atoms with van der Waals surface area (Å²) in [5.74, 6) is 0.889. The van der Waals surface area contributed by atoms with Crippen LogP contribution in [-0.4, -0.2) is 48.6 Å². The average Bonchev–Trinajstić information content (AvgIpc) is 2.70. The van der Waals surface area contributed by atoms with E-state index in [1.54, 1.807) is 0 Å². The van der Waals surface area contributed by atoms with Crippen LogP contribution in [0, 0.1) is 6.92 Å². The van der Waals surface area contributed by atoms with E-state index in [1.165, 1.54) is 11.1 Å². The number of nitrogens with zero attached hydrogens (tertiary/aromatic N) is 3. The lowest BCUT2D eigenvalue weighted by Gasteiger charge is -2.24. The minimum Gasteiger partial charge on any atom is -0.357 e. The summed E-state index contributed by atoms with van der Waals surface area (Å²) >= 11 is 0. The number of aromatic nitrogens is 1. The van der Waals surface area contributed by atoms with Crippen molar-refractivity contribution in [1.29, 1.82) is 0 Å². The lowest BCUT2D eigenvalue weighted by atomic mass is 10.1. The van der Waals surface area contributed by atoms with Gasteiger partial charge in [-0.2, -0.15) is 0 Å². The summed E-state index contributed by atoms with van der Waals surface area (Å²) in [7, 11) is 2.18. The molecule has 28 heavy (non-hydrogen) atoms. The zero-order valence-corrected chi connectivity index (χ0v) is 17.8. The summed E-state index contributed by atoms with van der Waals surface area (Å²) in [5, 5.41) is 6.75. The van der Waals surface area contributed by atoms with E-state index in [4.69, 9.17) is 4.99 Å². The van der Waals surface area contributed by atoms with Crippen molar-refractivity contribution in [2.75, 3.05) is 26.7 Å². The maximum Gasteiger partial charge on any atom is 0.191 e. The minimum absolute atomic E-state index is 0.477. The first kappa shape index (κ1) is 21.9. The molecule has 0 aliphatic carbocycles. The SMILES string of the molecule is CCNC(=NCCC(C)N(C)Cc1ccccc1)NCCc1ccc(C)nc1. The van der Waals surface area contributed by atoms with Gasteiger partial charge >= 0.3 is 0 Å². The van der Waals surface area contributed by atoms with E-state index in [-0.39, 0.29) is 0 Å². The lowest BCUT2D eigenvalue weighted by Crippen LogP contribution is -2.38. The predicted octanol–water partition coefficient (Wildman–Crippen LogP) is 3.40. The van der Waals surface area contributed by atoms with E-state index in [0.717, 1.165) is 50.7 Å². The Morgan fingerprint density at radius 2 is 1.89 bits per heavy atom. The van der Waals surface area contributed by atoms with E-state index in [1.807, 2.05) is 13.1 Å². The topological polar surface area (TPSA) is 52.6 Å². The lowest BCUT2D eigenvalue weighted by molar-refractivity contribution is 0.240. The van der Waals surface area contributed by atoms with Gasteiger partial charge in [0.05, 0.1) is 0 Å². The Bertz CT molecular complexity index is 697. The summed E-state index contributed by atoms with van der Waals surface area (Å²) in [6.45, 7) is 9.86. The largest absolute Gasteiger partial charge is 0.357 e. The number of hydrogen-bond acceptors (Lipinski definition) is 3. The van der Waals surface area contributed by atoms with Crippen LogP contribution in [0.1, 0.15) is 37.1 Å². The highest BCUT2D eigenvalue weighted by Gasteiger charge is 2.09. The molecule has 0 aliphatic rings. The molecule has 0 radical (unpaired) electrons. The smallest absolute Gasteiger partial charge is 0.191 e. The normalized spacial score (nSPS) is 12.8. The fourth-order valence-electron chi connectivity index (χ4n) is 2.92. The summed E-state index contributed by atoms with van der Waals surface area (Å²) in [4.78, 5) is 11.5. The molecule has 152 valence electrons. The first-order valence-electron chi connectivity index (χ1n) is 10.3. The van der Waals surface area contributed by atoms with Gasteiger partial charge in [0.1, 0.15) is 0 Å². The van der Waals surface area contributed by atoms with Crippen molar-refractivity contribution in [2.24, 2.45) is 4.99 Å². The van der Waals surface area contributed by atoms with E-state index >= 15 is 0 Å². The van der Waals surface area contributed by atoms with E-state index < -0.39 is 0 Å². The Morgan fingerprint density at radius 3 is 2.57 bits per heavy atom. The first-order valence-corrected chi connectivity index (χ1v) is 10.3. The molecule has 2 aromatic rings. The van der Waals surface area contributed by atoms with Crippen LogP contribution in [0.3, 0.4) is 0 Å². The standard InChI is InChI=1S/C23H35N5/c1-5-24-23(26-16-14-21-12-11-19(2)27-17-21)25-15-13-20(3)28(4)18-22-9-7-6-8-10-22/h6-12,17,20H,5,13-16,18H2,1-4H3,(H2,24,25,26). The molecule has 0 aliphatic heterocycles. The van der Waals surface area contributed by atoms with Gasteiger partial charge in [0.15, 0.2) is 5.96 Å². The molecule has 0 fully saturated rings. The highest BCUT2D eigenvalue weighted by molar-refractivity contribution is 5.79. The Kier molecular flexibility index (Phi) is 9.49. The van der Waals surface area contributed by atoms with Crippen molar-refractivity contribution in [3.63, 3.8) is 0 Å². The van der Waals surface area contributed by atoms with Gasteiger partial charge in [-0.1, -0.05) is 36.4 Å². The van der Waals surface area contributed by atoms with Crippen molar-refractivity contribution in [1.82, 2.24) is 20.5 Å². The molecule has 1 unspecified atom stereocenters. The van der Waals surface area contributed by atoms with Gasteiger partial charge in [-0.15, -0.1) is 0 Å². The number of aliphatic imine (C=N–C) groups is 1. The number of aryl methyl sites for hydroxylation is 1. The molecule has 0 bridgehead atoms. The molecule has 5 nitrogen and oxygen atoms in total. The average molecular weight is 382 g/mol. The number of hydrogen-bond donors (Lipinski definition) is 2. The molecule has 2 rings (SSSR count). The highest BCUT2D eigenvalue weighted by atomic mass is 15.2. The van der Waals surface area contributed by atoms with E-state index in [9.17, 15) is 0 Å². The number of rotatable bonds is 10. The molecular formula is C23H35N5. The number of guanidine groups is 1. The third kappa shape index (κ3) is 8.09. The number of pyridine rings is 1. The molecule has 0 saturated heterocycles. The van der Waals surface area contributed by atoms with Gasteiger partial charge < -0.3 is 10.6 Å². The maximum absolute atomic E-state index is 4.74. The molecule has 2 N–H and O–H groups in total. The zero-order chi connectivity index (χ0) is 20.2. The van der Waals surface area contributed by atoms with Crippen molar-refractivity contribution >= 4 is 5.96 Å². The fourth-order valence-corrected chi connectivity index (χ4v) is 2.92. The molecule has 0 amide bonds. The highest BCUT2D eigenvalue weighted by Crippen LogP contribution is 2.08. The quantitative estimate of drug-likeness (QED) is 0.489. The zero-order valence-electron chi connectivity index (χ0n) is 17.8. The van der Waals surface area contributed by atoms with Crippen LogP contribution in [-0.2, 0) is 13.0 Å². The number of nitrogens with one attached hydrogen (secondary N) is 2. The Labute approximate surface area is 170 Å². The monoisotopic (exact) mass is 381 g/mol. The van der Waals surface area contributed by atoms with Crippen molar-refractivity contribution in [2.45, 2.75) is 46.2 Å². The molecule has 1 aromatic carbocycles. The Balaban J connectivity index is 1.75. The summed E-state index contributed by atoms with van der Waals surface area (Å²) < 4.78 is 0. The summed E-state index contributed by atoms with van der Waals surface area (Å²) in [6, 6.07) is 15.3. The molecule has 5 heteroatoms. The maximum atomic E-state index is 4.74. The van der Waals surface area contributed by atoms with Gasteiger partial charge in [-0.25, -0.2) is 0 Å². The van der Waals surface area contributed by atoms with Crippen LogP contribution in [0.5, 0.6) is 0 Å². The van der Waals surface area contributed by atoms with Gasteiger partial charge in [-0.3, -0.25) is 14.9 Å². The minimum atomic E-state index is 0.477. The summed E-state index contributed by atoms with van der Waals surface area (Å²) in [5.41, 5.74) is 3.64. The third-order valence-corrected chi connectivity index (χ3v) is 4.87. The molecule has 1 heterocycles. The molecule has 1 atom stereocenters. The third-order valence-electron chi connectivity index (χ3n) is 4.87. The van der Waals surface area contributed by atoms with Crippen LogP contribution >= 0.6 is 0 Å². The van der Waals surface area contributed by atoms with Gasteiger partial charge in [-0.05, 0) is 57.9 Å². The Hall–Kier alpha value is -2.40. The fraction of sp³-hybridized carbons (Fsp3) is 0.478. The van der Waals surface area contributed by atoms with Crippen LogP contribution in [0.2, 0.25) is 0 Å². The molecule has 1 aromatic heterocycles.